The summed E-state index contributed by atoms with van der Waals surface area (Å²) in [5.74, 6) is 0.289. The quantitative estimate of drug-likeness (QED) is 0.649. The average molecular weight is 184 g/mol. The Kier molecular flexibility index (Phi) is 3.85. The van der Waals surface area contributed by atoms with Gasteiger partial charge in [0.25, 0.3) is 0 Å². The first-order valence-electron chi connectivity index (χ1n) is 4.39. The molecule has 1 aromatic rings. The molecule has 2 N–H and O–H groups in total. The Hall–Kier alpha value is -0.940. The van der Waals surface area contributed by atoms with Crippen LogP contribution in [0.5, 0.6) is 0 Å². The second-order valence-electron chi connectivity index (χ2n) is 3.30. The predicted molar refractivity (Wildman–Crippen MR) is 49.0 cm³/mol. The lowest BCUT2D eigenvalue weighted by Gasteiger charge is -2.07. The van der Waals surface area contributed by atoms with E-state index in [-0.39, 0.29) is 12.5 Å². The Bertz CT molecular complexity index is 248. The van der Waals surface area contributed by atoms with Crippen LogP contribution in [0.3, 0.4) is 0 Å². The third-order valence-electron chi connectivity index (χ3n) is 1.76. The molecule has 0 spiro atoms. The lowest BCUT2D eigenvalue weighted by molar-refractivity contribution is 0.233. The second kappa shape index (κ2) is 4.94. The van der Waals surface area contributed by atoms with Crippen LogP contribution >= 0.6 is 0 Å². The van der Waals surface area contributed by atoms with Crippen LogP contribution < -0.4 is 5.32 Å². The Morgan fingerprint density at radius 2 is 2.46 bits per heavy atom. The van der Waals surface area contributed by atoms with Crippen molar-refractivity contribution in [2.75, 3.05) is 13.2 Å². The molecular formula is C8H16N4O. The molecule has 74 valence electrons. The number of aromatic nitrogens is 3. The highest BCUT2D eigenvalue weighted by molar-refractivity contribution is 4.90. The minimum Gasteiger partial charge on any atom is -0.396 e. The SMILES string of the molecule is CC(CO)CNCc1cn(C)nn1. The molecule has 0 aromatic carbocycles. The molecule has 0 amide bonds. The fourth-order valence-electron chi connectivity index (χ4n) is 0.987. The van der Waals surface area contributed by atoms with Crippen LogP contribution in [-0.2, 0) is 13.6 Å². The van der Waals surface area contributed by atoms with Gasteiger partial charge in [-0.05, 0) is 5.92 Å². The van der Waals surface area contributed by atoms with Crippen LogP contribution in [0.1, 0.15) is 12.6 Å². The van der Waals surface area contributed by atoms with Crippen LogP contribution in [0.15, 0.2) is 6.20 Å². The summed E-state index contributed by atoms with van der Waals surface area (Å²) in [5.41, 5.74) is 0.924. The van der Waals surface area contributed by atoms with Gasteiger partial charge < -0.3 is 10.4 Å². The second-order valence-corrected chi connectivity index (χ2v) is 3.30. The van der Waals surface area contributed by atoms with Crippen LogP contribution in [-0.4, -0.2) is 33.3 Å². The zero-order valence-corrected chi connectivity index (χ0v) is 8.06. The Morgan fingerprint density at radius 1 is 1.69 bits per heavy atom. The van der Waals surface area contributed by atoms with Gasteiger partial charge in [-0.2, -0.15) is 0 Å². The minimum absolute atomic E-state index is 0.216. The summed E-state index contributed by atoms with van der Waals surface area (Å²) < 4.78 is 1.67. The van der Waals surface area contributed by atoms with E-state index in [1.165, 1.54) is 0 Å². The number of aliphatic hydroxyl groups excluding tert-OH is 1. The third kappa shape index (κ3) is 3.52. The highest BCUT2D eigenvalue weighted by Crippen LogP contribution is 1.92. The smallest absolute Gasteiger partial charge is 0.0964 e. The van der Waals surface area contributed by atoms with E-state index >= 15 is 0 Å². The Morgan fingerprint density at radius 3 is 3.00 bits per heavy atom. The van der Waals surface area contributed by atoms with E-state index in [0.717, 1.165) is 12.2 Å². The zero-order valence-electron chi connectivity index (χ0n) is 8.06. The third-order valence-corrected chi connectivity index (χ3v) is 1.76. The highest BCUT2D eigenvalue weighted by Gasteiger charge is 2.00. The molecule has 0 radical (unpaired) electrons. The van der Waals surface area contributed by atoms with Gasteiger partial charge in [-0.1, -0.05) is 12.1 Å². The van der Waals surface area contributed by atoms with Gasteiger partial charge in [-0.15, -0.1) is 5.10 Å². The van der Waals surface area contributed by atoms with Gasteiger partial charge >= 0.3 is 0 Å². The number of hydrogen-bond donors (Lipinski definition) is 2. The van der Waals surface area contributed by atoms with Gasteiger partial charge in [0.2, 0.25) is 0 Å². The molecule has 0 bridgehead atoms. The maximum atomic E-state index is 8.76. The summed E-state index contributed by atoms with van der Waals surface area (Å²) in [5, 5.41) is 19.7. The van der Waals surface area contributed by atoms with Crippen molar-refractivity contribution in [1.29, 1.82) is 0 Å². The summed E-state index contributed by atoms with van der Waals surface area (Å²) in [6.07, 6.45) is 1.87. The molecule has 0 aliphatic rings. The molecule has 0 saturated carbocycles. The molecule has 1 aromatic heterocycles. The lowest BCUT2D eigenvalue weighted by atomic mass is 10.2. The molecule has 5 nitrogen and oxygen atoms in total. The van der Waals surface area contributed by atoms with Crippen LogP contribution in [0.25, 0.3) is 0 Å². The maximum Gasteiger partial charge on any atom is 0.0964 e. The lowest BCUT2D eigenvalue weighted by Crippen LogP contribution is -2.22. The maximum absolute atomic E-state index is 8.76. The van der Waals surface area contributed by atoms with Gasteiger partial charge in [0.05, 0.1) is 5.69 Å². The van der Waals surface area contributed by atoms with Gasteiger partial charge in [0, 0.05) is 32.9 Å². The van der Waals surface area contributed by atoms with Crippen molar-refractivity contribution in [1.82, 2.24) is 20.3 Å². The summed E-state index contributed by atoms with van der Waals surface area (Å²) in [6, 6.07) is 0. The van der Waals surface area contributed by atoms with Gasteiger partial charge in [0.1, 0.15) is 0 Å². The molecule has 0 saturated heterocycles. The van der Waals surface area contributed by atoms with E-state index in [2.05, 4.69) is 15.6 Å². The molecule has 0 fully saturated rings. The zero-order chi connectivity index (χ0) is 9.68. The largest absolute Gasteiger partial charge is 0.396 e. The molecular weight excluding hydrogens is 168 g/mol. The van der Waals surface area contributed by atoms with Crippen molar-refractivity contribution < 1.29 is 5.11 Å². The molecule has 1 atom stereocenters. The first-order valence-corrected chi connectivity index (χ1v) is 4.39. The monoisotopic (exact) mass is 184 g/mol. The van der Waals surface area contributed by atoms with Crippen LogP contribution in [0.2, 0.25) is 0 Å². The molecule has 1 rings (SSSR count). The number of hydrogen-bond acceptors (Lipinski definition) is 4. The van der Waals surface area contributed by atoms with Crippen molar-refractivity contribution in [3.8, 4) is 0 Å². The minimum atomic E-state index is 0.216. The number of aliphatic hydroxyl groups is 1. The number of aryl methyl sites for hydroxylation is 1. The van der Waals surface area contributed by atoms with E-state index in [1.54, 1.807) is 4.68 Å². The predicted octanol–water partition coefficient (Wildman–Crippen LogP) is -0.467. The first-order chi connectivity index (χ1) is 6.22. The van der Waals surface area contributed by atoms with Crippen LogP contribution in [0.4, 0.5) is 0 Å². The van der Waals surface area contributed by atoms with Gasteiger partial charge in [-0.3, -0.25) is 4.68 Å². The fourth-order valence-corrected chi connectivity index (χ4v) is 0.987. The normalized spacial score (nSPS) is 13.2. The van der Waals surface area contributed by atoms with Crippen LogP contribution in [0, 0.1) is 5.92 Å². The van der Waals surface area contributed by atoms with E-state index in [4.69, 9.17) is 5.11 Å². The molecule has 1 heterocycles. The van der Waals surface area contributed by atoms with E-state index in [9.17, 15) is 0 Å². The Labute approximate surface area is 77.8 Å². The number of rotatable bonds is 5. The average Bonchev–Trinajstić information content (AvgIpc) is 2.51. The Balaban J connectivity index is 2.20. The van der Waals surface area contributed by atoms with E-state index in [1.807, 2.05) is 20.2 Å². The molecule has 1 unspecified atom stereocenters. The first kappa shape index (κ1) is 10.1. The highest BCUT2D eigenvalue weighted by atomic mass is 16.3. The van der Waals surface area contributed by atoms with Gasteiger partial charge in [0.15, 0.2) is 0 Å². The summed E-state index contributed by atoms with van der Waals surface area (Å²) in [4.78, 5) is 0. The van der Waals surface area contributed by atoms with Crippen molar-refractivity contribution >= 4 is 0 Å². The summed E-state index contributed by atoms with van der Waals surface area (Å²) in [6.45, 7) is 3.71. The van der Waals surface area contributed by atoms with E-state index < -0.39 is 0 Å². The molecule has 0 aliphatic heterocycles. The summed E-state index contributed by atoms with van der Waals surface area (Å²) >= 11 is 0. The molecule has 13 heavy (non-hydrogen) atoms. The standard InChI is InChI=1S/C8H16N4O/c1-7(6-13)3-9-4-8-5-12(2)11-10-8/h5,7,9,13H,3-4,6H2,1-2H3. The van der Waals surface area contributed by atoms with E-state index in [0.29, 0.717) is 6.54 Å². The number of nitrogens with one attached hydrogen (secondary N) is 1. The number of nitrogens with zero attached hydrogens (tertiary/aromatic N) is 3. The fraction of sp³-hybridized carbons (Fsp3) is 0.750. The van der Waals surface area contributed by atoms with Crippen molar-refractivity contribution in [2.45, 2.75) is 13.5 Å². The molecule has 5 heteroatoms. The topological polar surface area (TPSA) is 63.0 Å². The van der Waals surface area contributed by atoms with Crippen molar-refractivity contribution in [2.24, 2.45) is 13.0 Å². The molecule has 0 aliphatic carbocycles. The van der Waals surface area contributed by atoms with Gasteiger partial charge in [-0.25, -0.2) is 0 Å². The summed E-state index contributed by atoms with van der Waals surface area (Å²) in [7, 11) is 1.84. The van der Waals surface area contributed by atoms with Crippen molar-refractivity contribution in [3.05, 3.63) is 11.9 Å². The van der Waals surface area contributed by atoms with Crippen molar-refractivity contribution in [3.63, 3.8) is 0 Å².